The number of imidazole rings is 1. The Morgan fingerprint density at radius 1 is 0.946 bits per heavy atom. The number of carbonyl (C=O) groups is 1. The van der Waals surface area contributed by atoms with Gasteiger partial charge in [-0.3, -0.25) is 4.79 Å². The quantitative estimate of drug-likeness (QED) is 0.344. The molecule has 4 aromatic rings. The first-order chi connectivity index (χ1) is 17.2. The summed E-state index contributed by atoms with van der Waals surface area (Å²) >= 11 is 0. The summed E-state index contributed by atoms with van der Waals surface area (Å²) in [5.74, 6) is 0.915. The molecule has 3 aromatic carbocycles. The number of aromatic nitrogens is 2. The highest BCUT2D eigenvalue weighted by atomic mass is 35.5. The monoisotopic (exact) mass is 540 g/mol. The van der Waals surface area contributed by atoms with Crippen molar-refractivity contribution in [2.75, 3.05) is 32.2 Å². The summed E-state index contributed by atoms with van der Waals surface area (Å²) in [4.78, 5) is 25.3. The fraction of sp³-hybridized carbons (Fsp3) is 0.214. The van der Waals surface area contributed by atoms with Gasteiger partial charge in [0.1, 0.15) is 0 Å². The summed E-state index contributed by atoms with van der Waals surface area (Å²) in [5, 5.41) is 0. The van der Waals surface area contributed by atoms with E-state index in [1.807, 2.05) is 35.4 Å². The number of amides is 1. The molecule has 0 atom stereocenters. The lowest BCUT2D eigenvalue weighted by atomic mass is 10.0. The van der Waals surface area contributed by atoms with Crippen LogP contribution in [0.2, 0.25) is 0 Å². The zero-order valence-electron chi connectivity index (χ0n) is 20.7. The van der Waals surface area contributed by atoms with Crippen LogP contribution in [0.1, 0.15) is 21.6 Å². The number of aromatic amines is 1. The topological polar surface area (TPSA) is 70.7 Å². The van der Waals surface area contributed by atoms with Crippen LogP contribution in [0.15, 0.2) is 79.3 Å². The first-order valence-corrected chi connectivity index (χ1v) is 11.6. The molecule has 0 fully saturated rings. The number of hydrogen-bond acceptors (Lipinski definition) is 5. The Bertz CT molecular complexity index is 1320. The maximum atomic E-state index is 13.7. The predicted octanol–water partition coefficient (Wildman–Crippen LogP) is 5.60. The molecule has 7 nitrogen and oxygen atoms in total. The van der Waals surface area contributed by atoms with Gasteiger partial charge in [-0.2, -0.15) is 0 Å². The number of rotatable bonds is 6. The Morgan fingerprint density at radius 3 is 2.46 bits per heavy atom. The zero-order valence-corrected chi connectivity index (χ0v) is 22.3. The lowest BCUT2D eigenvalue weighted by molar-refractivity contribution is 0.0747. The average Bonchev–Trinajstić information content (AvgIpc) is 3.36. The molecule has 194 valence electrons. The number of H-pyrrole nitrogens is 1. The standard InChI is InChI=1S/C28H28N4O3.2ClH/c1-34-26-10-6-9-24(27(26)35-2)28(33)32-14-13-31(18-23-16-29-19-30-23)25-12-11-21(15-22(25)17-32)20-7-4-3-5-8-20;;/h3-12,15-16,19H,13-14,17-18H2,1-2H3,(H,29,30);2*1H. The van der Waals surface area contributed by atoms with E-state index in [9.17, 15) is 4.79 Å². The van der Waals surface area contributed by atoms with Crippen molar-refractivity contribution in [2.24, 2.45) is 0 Å². The number of nitrogens with one attached hydrogen (secondary N) is 1. The molecule has 0 saturated carbocycles. The van der Waals surface area contributed by atoms with Crippen LogP contribution in [0, 0.1) is 0 Å². The van der Waals surface area contributed by atoms with Crippen molar-refractivity contribution in [1.82, 2.24) is 14.9 Å². The minimum atomic E-state index is -0.0831. The molecule has 1 aliphatic heterocycles. The highest BCUT2D eigenvalue weighted by Gasteiger charge is 2.27. The fourth-order valence-electron chi connectivity index (χ4n) is 4.62. The van der Waals surface area contributed by atoms with Gasteiger partial charge >= 0.3 is 0 Å². The van der Waals surface area contributed by atoms with Crippen LogP contribution in [0.3, 0.4) is 0 Å². The van der Waals surface area contributed by atoms with Crippen LogP contribution in [0.25, 0.3) is 11.1 Å². The van der Waals surface area contributed by atoms with Crippen LogP contribution >= 0.6 is 24.8 Å². The molecule has 1 aromatic heterocycles. The van der Waals surface area contributed by atoms with Crippen LogP contribution in [-0.4, -0.2) is 48.1 Å². The third-order valence-corrected chi connectivity index (χ3v) is 6.36. The molecule has 1 amide bonds. The number of nitrogens with zero attached hydrogens (tertiary/aromatic N) is 3. The number of halogens is 2. The van der Waals surface area contributed by atoms with Gasteiger partial charge in [-0.15, -0.1) is 24.8 Å². The maximum Gasteiger partial charge on any atom is 0.258 e. The minimum absolute atomic E-state index is 0. The van der Waals surface area contributed by atoms with Crippen molar-refractivity contribution in [1.29, 1.82) is 0 Å². The van der Waals surface area contributed by atoms with Gasteiger partial charge in [0.25, 0.3) is 5.91 Å². The molecular weight excluding hydrogens is 511 g/mol. The Balaban J connectivity index is 0.00000190. The smallest absolute Gasteiger partial charge is 0.258 e. The summed E-state index contributed by atoms with van der Waals surface area (Å²) < 4.78 is 11.0. The van der Waals surface area contributed by atoms with E-state index in [1.54, 1.807) is 32.7 Å². The summed E-state index contributed by atoms with van der Waals surface area (Å²) in [6.07, 6.45) is 3.53. The largest absolute Gasteiger partial charge is 0.493 e. The van der Waals surface area contributed by atoms with E-state index in [2.05, 4.69) is 45.2 Å². The molecule has 5 rings (SSSR count). The number of carbonyl (C=O) groups excluding carboxylic acids is 1. The van der Waals surface area contributed by atoms with Gasteiger partial charge < -0.3 is 24.3 Å². The van der Waals surface area contributed by atoms with Crippen molar-refractivity contribution >= 4 is 36.4 Å². The summed E-state index contributed by atoms with van der Waals surface area (Å²) in [7, 11) is 3.14. The fourth-order valence-corrected chi connectivity index (χ4v) is 4.62. The van der Waals surface area contributed by atoms with Gasteiger partial charge in [0.05, 0.1) is 38.3 Å². The third-order valence-electron chi connectivity index (χ3n) is 6.36. The van der Waals surface area contributed by atoms with Gasteiger partial charge in [-0.25, -0.2) is 4.98 Å². The second-order valence-corrected chi connectivity index (χ2v) is 8.48. The first kappa shape index (κ1) is 27.9. The zero-order chi connectivity index (χ0) is 24.2. The van der Waals surface area contributed by atoms with E-state index in [1.165, 1.54) is 0 Å². The molecular formula is C28H30Cl2N4O3. The van der Waals surface area contributed by atoms with E-state index in [4.69, 9.17) is 9.47 Å². The third kappa shape index (κ3) is 5.84. The summed E-state index contributed by atoms with van der Waals surface area (Å²) in [6.45, 7) is 2.44. The SMILES string of the molecule is COc1cccc(C(=O)N2CCN(Cc3cnc[nH]3)c3ccc(-c4ccccc4)cc3C2)c1OC.Cl.Cl. The Kier molecular flexibility index (Phi) is 9.44. The van der Waals surface area contributed by atoms with E-state index in [0.29, 0.717) is 43.2 Å². The molecule has 0 aliphatic carbocycles. The highest BCUT2D eigenvalue weighted by Crippen LogP contribution is 2.34. The number of ether oxygens (including phenoxy) is 2. The molecule has 1 aliphatic rings. The van der Waals surface area contributed by atoms with E-state index in [-0.39, 0.29) is 30.7 Å². The van der Waals surface area contributed by atoms with E-state index in [0.717, 1.165) is 28.1 Å². The summed E-state index contributed by atoms with van der Waals surface area (Å²) in [6, 6.07) is 22.2. The van der Waals surface area contributed by atoms with Crippen LogP contribution in [-0.2, 0) is 13.1 Å². The molecule has 0 spiro atoms. The minimum Gasteiger partial charge on any atom is -0.493 e. The van der Waals surface area contributed by atoms with Gasteiger partial charge in [0, 0.05) is 31.5 Å². The Morgan fingerprint density at radius 2 is 1.76 bits per heavy atom. The average molecular weight is 541 g/mol. The first-order valence-electron chi connectivity index (χ1n) is 11.6. The van der Waals surface area contributed by atoms with Crippen LogP contribution in [0.5, 0.6) is 11.5 Å². The van der Waals surface area contributed by atoms with Crippen LogP contribution < -0.4 is 14.4 Å². The van der Waals surface area contributed by atoms with Crippen molar-refractivity contribution < 1.29 is 14.3 Å². The van der Waals surface area contributed by atoms with Gasteiger partial charge in [0.15, 0.2) is 11.5 Å². The van der Waals surface area contributed by atoms with Gasteiger partial charge in [0.2, 0.25) is 0 Å². The van der Waals surface area contributed by atoms with Crippen molar-refractivity contribution in [3.05, 3.63) is 96.1 Å². The number of hydrogen-bond donors (Lipinski definition) is 1. The molecule has 37 heavy (non-hydrogen) atoms. The molecule has 0 radical (unpaired) electrons. The lowest BCUT2D eigenvalue weighted by Gasteiger charge is -2.25. The lowest BCUT2D eigenvalue weighted by Crippen LogP contribution is -2.35. The second kappa shape index (κ2) is 12.5. The molecule has 9 heteroatoms. The van der Waals surface area contributed by atoms with E-state index < -0.39 is 0 Å². The van der Waals surface area contributed by atoms with Crippen molar-refractivity contribution in [2.45, 2.75) is 13.1 Å². The van der Waals surface area contributed by atoms with Gasteiger partial charge in [-0.05, 0) is 41.0 Å². The van der Waals surface area contributed by atoms with Crippen molar-refractivity contribution in [3.63, 3.8) is 0 Å². The molecule has 1 N–H and O–H groups in total. The second-order valence-electron chi connectivity index (χ2n) is 8.48. The molecule has 0 bridgehead atoms. The normalized spacial score (nSPS) is 12.5. The highest BCUT2D eigenvalue weighted by molar-refractivity contribution is 5.98. The number of methoxy groups -OCH3 is 2. The number of fused-ring (bicyclic) bond motifs is 1. The number of para-hydroxylation sites is 1. The molecule has 0 saturated heterocycles. The van der Waals surface area contributed by atoms with Gasteiger partial charge in [-0.1, -0.05) is 42.5 Å². The summed E-state index contributed by atoms with van der Waals surface area (Å²) in [5.41, 5.74) is 6.00. The molecule has 2 heterocycles. The number of anilines is 1. The molecule has 0 unspecified atom stereocenters. The van der Waals surface area contributed by atoms with Crippen LogP contribution in [0.4, 0.5) is 5.69 Å². The maximum absolute atomic E-state index is 13.7. The predicted molar refractivity (Wildman–Crippen MR) is 150 cm³/mol. The van der Waals surface area contributed by atoms with Crippen molar-refractivity contribution in [3.8, 4) is 22.6 Å². The van der Waals surface area contributed by atoms with E-state index >= 15 is 0 Å². The Hall–Kier alpha value is -3.68. The number of benzene rings is 3. The Labute approximate surface area is 229 Å².